The van der Waals surface area contributed by atoms with Gasteiger partial charge in [-0.05, 0) is 43.6 Å². The Hall–Kier alpha value is -0.280. The van der Waals surface area contributed by atoms with E-state index in [1.165, 1.54) is 0 Å². The first-order valence-electron chi connectivity index (χ1n) is 5.52. The Morgan fingerprint density at radius 2 is 2.00 bits per heavy atom. The number of hydrogen-bond acceptors (Lipinski definition) is 2. The molecule has 1 N–H and O–H groups in total. The molecule has 0 bridgehead atoms. The van der Waals surface area contributed by atoms with Crippen LogP contribution in [0.5, 0.6) is 0 Å². The third-order valence-electron chi connectivity index (χ3n) is 2.78. The van der Waals surface area contributed by atoms with E-state index in [1.807, 2.05) is 12.1 Å². The summed E-state index contributed by atoms with van der Waals surface area (Å²) in [6.07, 6.45) is 2.50. The van der Waals surface area contributed by atoms with Crippen molar-refractivity contribution in [2.24, 2.45) is 0 Å². The molecule has 0 atom stereocenters. The van der Waals surface area contributed by atoms with Gasteiger partial charge in [-0.2, -0.15) is 0 Å². The van der Waals surface area contributed by atoms with E-state index in [0.29, 0.717) is 22.8 Å². The molecule has 2 rings (SSSR count). The van der Waals surface area contributed by atoms with Gasteiger partial charge in [0.2, 0.25) is 0 Å². The Morgan fingerprint density at radius 3 is 2.69 bits per heavy atom. The molecule has 0 unspecified atom stereocenters. The van der Waals surface area contributed by atoms with Crippen LogP contribution in [0.4, 0.5) is 0 Å². The van der Waals surface area contributed by atoms with Crippen LogP contribution in [0.25, 0.3) is 0 Å². The third-order valence-corrected chi connectivity index (χ3v) is 3.36. The van der Waals surface area contributed by atoms with Crippen molar-refractivity contribution in [2.45, 2.75) is 25.6 Å². The maximum Gasteiger partial charge on any atom is 0.0735 e. The van der Waals surface area contributed by atoms with E-state index in [9.17, 15) is 0 Å². The number of benzene rings is 1. The van der Waals surface area contributed by atoms with Gasteiger partial charge in [0.05, 0.1) is 12.7 Å². The summed E-state index contributed by atoms with van der Waals surface area (Å²) >= 11 is 11.9. The smallest absolute Gasteiger partial charge is 0.0735 e. The summed E-state index contributed by atoms with van der Waals surface area (Å²) in [6.45, 7) is 2.65. The van der Waals surface area contributed by atoms with Crippen LogP contribution in [0.1, 0.15) is 18.4 Å². The summed E-state index contributed by atoms with van der Waals surface area (Å²) in [7, 11) is 0. The van der Waals surface area contributed by atoms with Crippen molar-refractivity contribution in [3.8, 4) is 0 Å². The van der Waals surface area contributed by atoms with Crippen LogP contribution < -0.4 is 5.32 Å². The molecule has 1 aromatic rings. The highest BCUT2D eigenvalue weighted by Gasteiger charge is 2.13. The topological polar surface area (TPSA) is 21.3 Å². The highest BCUT2D eigenvalue weighted by atomic mass is 35.5. The average Bonchev–Trinajstić information content (AvgIpc) is 2.29. The molecule has 1 aromatic carbocycles. The molecule has 1 aliphatic rings. The fourth-order valence-corrected chi connectivity index (χ4v) is 2.27. The van der Waals surface area contributed by atoms with Gasteiger partial charge in [-0.1, -0.05) is 29.3 Å². The van der Waals surface area contributed by atoms with Crippen molar-refractivity contribution in [3.63, 3.8) is 0 Å². The summed E-state index contributed by atoms with van der Waals surface area (Å²) < 4.78 is 5.82. The molecular weight excluding hydrogens is 245 g/mol. The van der Waals surface area contributed by atoms with Crippen LogP contribution >= 0.6 is 23.2 Å². The van der Waals surface area contributed by atoms with E-state index < -0.39 is 0 Å². The lowest BCUT2D eigenvalue weighted by Gasteiger charge is -2.23. The van der Waals surface area contributed by atoms with E-state index in [2.05, 4.69) is 5.32 Å². The summed E-state index contributed by atoms with van der Waals surface area (Å²) in [4.78, 5) is 0. The second-order valence-corrected chi connectivity index (χ2v) is 4.84. The predicted molar refractivity (Wildman–Crippen MR) is 67.1 cm³/mol. The molecule has 88 valence electrons. The van der Waals surface area contributed by atoms with Crippen molar-refractivity contribution in [1.29, 1.82) is 0 Å². The molecule has 16 heavy (non-hydrogen) atoms. The van der Waals surface area contributed by atoms with Gasteiger partial charge in [0.25, 0.3) is 0 Å². The summed E-state index contributed by atoms with van der Waals surface area (Å²) in [5.41, 5.74) is 1.00. The van der Waals surface area contributed by atoms with Crippen LogP contribution in [-0.2, 0) is 11.3 Å². The highest BCUT2D eigenvalue weighted by molar-refractivity contribution is 6.35. The number of nitrogens with one attached hydrogen (secondary N) is 1. The van der Waals surface area contributed by atoms with Crippen LogP contribution in [0.3, 0.4) is 0 Å². The Bertz CT molecular complexity index is 351. The molecule has 0 aliphatic carbocycles. The molecule has 0 spiro atoms. The zero-order valence-corrected chi connectivity index (χ0v) is 10.5. The van der Waals surface area contributed by atoms with Crippen LogP contribution in [0.15, 0.2) is 18.2 Å². The number of hydrogen-bond donors (Lipinski definition) is 1. The second-order valence-electron chi connectivity index (χ2n) is 4.00. The molecule has 0 aromatic heterocycles. The predicted octanol–water partition coefficient (Wildman–Crippen LogP) is 3.26. The van der Waals surface area contributed by atoms with Gasteiger partial charge >= 0.3 is 0 Å². The number of rotatable bonds is 3. The lowest BCUT2D eigenvalue weighted by molar-refractivity contribution is 0.0213. The Morgan fingerprint density at radius 1 is 1.25 bits per heavy atom. The Labute approximate surface area is 106 Å². The van der Waals surface area contributed by atoms with E-state index in [0.717, 1.165) is 31.5 Å². The van der Waals surface area contributed by atoms with Crippen LogP contribution in [-0.4, -0.2) is 19.2 Å². The maximum atomic E-state index is 6.07. The monoisotopic (exact) mass is 259 g/mol. The standard InChI is InChI=1S/C12H15Cl2NO/c13-10-2-1-9(12(14)7-10)8-16-11-3-5-15-6-4-11/h1-2,7,11,15H,3-6,8H2. The molecular formula is C12H15Cl2NO. The molecule has 2 nitrogen and oxygen atoms in total. The summed E-state index contributed by atoms with van der Waals surface area (Å²) in [5, 5.41) is 4.65. The molecule has 1 fully saturated rings. The van der Waals surface area contributed by atoms with Crippen molar-refractivity contribution >= 4 is 23.2 Å². The normalized spacial score (nSPS) is 17.6. The first kappa shape index (κ1) is 12.2. The highest BCUT2D eigenvalue weighted by Crippen LogP contribution is 2.22. The van der Waals surface area contributed by atoms with E-state index >= 15 is 0 Å². The van der Waals surface area contributed by atoms with E-state index in [-0.39, 0.29) is 0 Å². The zero-order chi connectivity index (χ0) is 11.4. The largest absolute Gasteiger partial charge is 0.373 e. The van der Waals surface area contributed by atoms with Gasteiger partial charge in [-0.25, -0.2) is 0 Å². The van der Waals surface area contributed by atoms with Crippen molar-refractivity contribution in [1.82, 2.24) is 5.32 Å². The van der Waals surface area contributed by atoms with Crippen molar-refractivity contribution < 1.29 is 4.74 Å². The first-order valence-corrected chi connectivity index (χ1v) is 6.27. The first-order chi connectivity index (χ1) is 7.75. The third kappa shape index (κ3) is 3.36. The van der Waals surface area contributed by atoms with Gasteiger partial charge in [0.15, 0.2) is 0 Å². The fraction of sp³-hybridized carbons (Fsp3) is 0.500. The van der Waals surface area contributed by atoms with Gasteiger partial charge in [-0.15, -0.1) is 0 Å². The zero-order valence-electron chi connectivity index (χ0n) is 9.01. The molecule has 1 heterocycles. The molecule has 0 amide bonds. The van der Waals surface area contributed by atoms with Gasteiger partial charge in [-0.3, -0.25) is 0 Å². The van der Waals surface area contributed by atoms with Crippen molar-refractivity contribution in [2.75, 3.05) is 13.1 Å². The van der Waals surface area contributed by atoms with Gasteiger partial charge in [0, 0.05) is 10.0 Å². The number of ether oxygens (including phenoxy) is 1. The molecule has 4 heteroatoms. The molecule has 1 saturated heterocycles. The molecule has 0 saturated carbocycles. The SMILES string of the molecule is Clc1ccc(COC2CCNCC2)c(Cl)c1. The minimum Gasteiger partial charge on any atom is -0.373 e. The van der Waals surface area contributed by atoms with Gasteiger partial charge < -0.3 is 10.1 Å². The van der Waals surface area contributed by atoms with E-state index in [1.54, 1.807) is 6.07 Å². The lowest BCUT2D eigenvalue weighted by Crippen LogP contribution is -2.32. The summed E-state index contributed by atoms with van der Waals surface area (Å²) in [6, 6.07) is 5.52. The maximum absolute atomic E-state index is 6.07. The van der Waals surface area contributed by atoms with E-state index in [4.69, 9.17) is 27.9 Å². The molecule has 0 radical (unpaired) electrons. The minimum atomic E-state index is 0.355. The minimum absolute atomic E-state index is 0.355. The fourth-order valence-electron chi connectivity index (χ4n) is 1.81. The van der Waals surface area contributed by atoms with Gasteiger partial charge in [0.1, 0.15) is 0 Å². The number of halogens is 2. The van der Waals surface area contributed by atoms with Crippen molar-refractivity contribution in [3.05, 3.63) is 33.8 Å². The summed E-state index contributed by atoms with van der Waals surface area (Å²) in [5.74, 6) is 0. The Kier molecular flexibility index (Phi) is 4.47. The molecule has 1 aliphatic heterocycles. The van der Waals surface area contributed by atoms with Crippen LogP contribution in [0, 0.1) is 0 Å². The second kappa shape index (κ2) is 5.87. The quantitative estimate of drug-likeness (QED) is 0.900. The Balaban J connectivity index is 1.88. The number of piperidine rings is 1. The lowest BCUT2D eigenvalue weighted by atomic mass is 10.1. The average molecular weight is 260 g/mol. The van der Waals surface area contributed by atoms with Crippen LogP contribution in [0.2, 0.25) is 10.0 Å².